The highest BCUT2D eigenvalue weighted by Gasteiger charge is 2.15. The molecule has 0 amide bonds. The molecule has 1 aromatic heterocycles. The van der Waals surface area contributed by atoms with Crippen LogP contribution in [0, 0.1) is 23.7 Å². The average molecular weight is 255 g/mol. The van der Waals surface area contributed by atoms with Gasteiger partial charge >= 0.3 is 0 Å². The van der Waals surface area contributed by atoms with Gasteiger partial charge in [0.25, 0.3) is 0 Å². The van der Waals surface area contributed by atoms with E-state index in [0.29, 0.717) is 0 Å². The molecular weight excluding hydrogens is 234 g/mol. The molecular formula is C16H21N3. The third-order valence-electron chi connectivity index (χ3n) is 3.58. The van der Waals surface area contributed by atoms with E-state index in [1.54, 1.807) is 0 Å². The molecule has 2 rings (SSSR count). The summed E-state index contributed by atoms with van der Waals surface area (Å²) in [7, 11) is 0. The first-order chi connectivity index (χ1) is 9.03. The zero-order valence-corrected chi connectivity index (χ0v) is 12.0. The number of imidazole rings is 1. The minimum absolute atomic E-state index is 0.202. The quantitative estimate of drug-likeness (QED) is 0.756. The van der Waals surface area contributed by atoms with Gasteiger partial charge in [0.2, 0.25) is 0 Å². The lowest BCUT2D eigenvalue weighted by Gasteiger charge is -2.14. The van der Waals surface area contributed by atoms with Gasteiger partial charge in [-0.25, -0.2) is 4.98 Å². The fourth-order valence-electron chi connectivity index (χ4n) is 2.37. The normalized spacial score (nSPS) is 11.7. The largest absolute Gasteiger partial charge is 0.328 e. The van der Waals surface area contributed by atoms with Crippen molar-refractivity contribution in [1.29, 1.82) is 5.26 Å². The van der Waals surface area contributed by atoms with Crippen molar-refractivity contribution in [2.24, 2.45) is 5.41 Å². The Bertz CT molecular complexity index is 602. The van der Waals surface area contributed by atoms with Crippen LogP contribution < -0.4 is 0 Å². The van der Waals surface area contributed by atoms with Gasteiger partial charge in [-0.1, -0.05) is 18.6 Å². The second-order valence-corrected chi connectivity index (χ2v) is 5.75. The molecule has 0 aliphatic carbocycles. The van der Waals surface area contributed by atoms with Crippen LogP contribution in [0.15, 0.2) is 24.3 Å². The Morgan fingerprint density at radius 3 is 2.74 bits per heavy atom. The summed E-state index contributed by atoms with van der Waals surface area (Å²) in [6, 6.07) is 10.6. The number of hydrogen-bond acceptors (Lipinski definition) is 2. The van der Waals surface area contributed by atoms with Crippen molar-refractivity contribution in [3.05, 3.63) is 30.1 Å². The highest BCUT2D eigenvalue weighted by molar-refractivity contribution is 5.75. The summed E-state index contributed by atoms with van der Waals surface area (Å²) in [5, 5.41) is 9.00. The lowest BCUT2D eigenvalue weighted by atomic mass is 9.89. The van der Waals surface area contributed by atoms with Crippen LogP contribution in [0.5, 0.6) is 0 Å². The molecule has 3 nitrogen and oxygen atoms in total. The molecule has 0 saturated heterocycles. The van der Waals surface area contributed by atoms with Crippen LogP contribution in [0.1, 0.15) is 38.9 Å². The van der Waals surface area contributed by atoms with Crippen LogP contribution >= 0.6 is 0 Å². The molecule has 0 unspecified atom stereocenters. The number of benzene rings is 1. The molecule has 1 heterocycles. The van der Waals surface area contributed by atoms with Gasteiger partial charge in [0, 0.05) is 6.54 Å². The lowest BCUT2D eigenvalue weighted by molar-refractivity contribution is 0.417. The smallest absolute Gasteiger partial charge is 0.106 e. The number of hydrogen-bond donors (Lipinski definition) is 0. The Morgan fingerprint density at radius 1 is 1.26 bits per heavy atom. The highest BCUT2D eigenvalue weighted by atomic mass is 15.1. The summed E-state index contributed by atoms with van der Waals surface area (Å²) >= 11 is 0. The average Bonchev–Trinajstić information content (AvgIpc) is 2.71. The maximum atomic E-state index is 9.00. The molecule has 0 atom stereocenters. The van der Waals surface area contributed by atoms with Crippen molar-refractivity contribution in [3.8, 4) is 6.07 Å². The van der Waals surface area contributed by atoms with Gasteiger partial charge in [0.1, 0.15) is 5.82 Å². The number of unbranched alkanes of at least 4 members (excludes halogenated alkanes) is 1. The molecule has 1 aromatic carbocycles. The van der Waals surface area contributed by atoms with Gasteiger partial charge in [-0.15, -0.1) is 0 Å². The molecule has 19 heavy (non-hydrogen) atoms. The zero-order chi connectivity index (χ0) is 13.9. The monoisotopic (exact) mass is 255 g/mol. The Labute approximate surface area is 114 Å². The van der Waals surface area contributed by atoms with E-state index >= 15 is 0 Å². The molecule has 0 radical (unpaired) electrons. The Kier molecular flexibility index (Phi) is 3.90. The topological polar surface area (TPSA) is 41.6 Å². The van der Waals surface area contributed by atoms with E-state index in [4.69, 9.17) is 5.26 Å². The third-order valence-corrected chi connectivity index (χ3v) is 3.58. The summed E-state index contributed by atoms with van der Waals surface area (Å²) in [4.78, 5) is 4.57. The first-order valence-electron chi connectivity index (χ1n) is 6.87. The fourth-order valence-corrected chi connectivity index (χ4v) is 2.37. The Morgan fingerprint density at radius 2 is 2.00 bits per heavy atom. The van der Waals surface area contributed by atoms with Gasteiger partial charge < -0.3 is 4.57 Å². The van der Waals surface area contributed by atoms with Crippen LogP contribution in [-0.2, 0) is 6.54 Å². The number of nitriles is 1. The molecule has 0 N–H and O–H groups in total. The predicted molar refractivity (Wildman–Crippen MR) is 77.7 cm³/mol. The maximum Gasteiger partial charge on any atom is 0.106 e. The summed E-state index contributed by atoms with van der Waals surface area (Å²) in [6.45, 7) is 7.04. The number of nitrogens with zero attached hydrogens (tertiary/aromatic N) is 3. The van der Waals surface area contributed by atoms with Gasteiger partial charge in [-0.05, 0) is 45.7 Å². The number of aromatic nitrogens is 2. The molecule has 0 spiro atoms. The lowest BCUT2D eigenvalue weighted by Crippen LogP contribution is -2.08. The summed E-state index contributed by atoms with van der Waals surface area (Å²) in [5.74, 6) is 1.07. The number of fused-ring (bicyclic) bond motifs is 1. The third kappa shape index (κ3) is 3.14. The van der Waals surface area contributed by atoms with Crippen LogP contribution in [0.4, 0.5) is 0 Å². The molecule has 100 valence electrons. The van der Waals surface area contributed by atoms with E-state index in [1.165, 1.54) is 5.52 Å². The molecule has 0 fully saturated rings. The highest BCUT2D eigenvalue weighted by Crippen LogP contribution is 2.22. The number of aryl methyl sites for hydroxylation is 2. The number of para-hydroxylation sites is 2. The van der Waals surface area contributed by atoms with Gasteiger partial charge in [0.15, 0.2) is 0 Å². The van der Waals surface area contributed by atoms with E-state index in [-0.39, 0.29) is 5.41 Å². The van der Waals surface area contributed by atoms with Crippen molar-refractivity contribution >= 4 is 11.0 Å². The van der Waals surface area contributed by atoms with Crippen molar-refractivity contribution in [2.75, 3.05) is 0 Å². The fraction of sp³-hybridized carbons (Fsp3) is 0.500. The van der Waals surface area contributed by atoms with Crippen molar-refractivity contribution in [1.82, 2.24) is 9.55 Å². The summed E-state index contributed by atoms with van der Waals surface area (Å²) < 4.78 is 2.27. The second-order valence-electron chi connectivity index (χ2n) is 5.75. The predicted octanol–water partition coefficient (Wildman–Crippen LogP) is 4.06. The molecule has 0 bridgehead atoms. The Balaban J connectivity index is 1.99. The SMILES string of the molecule is Cc1nc2ccccc2n1CCCCC(C)(C)C#N. The molecule has 2 aromatic rings. The second kappa shape index (κ2) is 5.44. The summed E-state index contributed by atoms with van der Waals surface area (Å²) in [5.41, 5.74) is 2.07. The van der Waals surface area contributed by atoms with Crippen LogP contribution in [0.25, 0.3) is 11.0 Å². The van der Waals surface area contributed by atoms with E-state index in [1.807, 2.05) is 19.9 Å². The van der Waals surface area contributed by atoms with E-state index in [0.717, 1.165) is 37.1 Å². The minimum Gasteiger partial charge on any atom is -0.328 e. The Hall–Kier alpha value is -1.82. The van der Waals surface area contributed by atoms with Crippen LogP contribution in [0.2, 0.25) is 0 Å². The van der Waals surface area contributed by atoms with Crippen molar-refractivity contribution in [2.45, 2.75) is 46.6 Å². The number of rotatable bonds is 5. The van der Waals surface area contributed by atoms with Gasteiger partial charge in [-0.2, -0.15) is 5.26 Å². The van der Waals surface area contributed by atoms with Crippen molar-refractivity contribution < 1.29 is 0 Å². The van der Waals surface area contributed by atoms with E-state index < -0.39 is 0 Å². The molecule has 3 heteroatoms. The maximum absolute atomic E-state index is 9.00. The first kappa shape index (κ1) is 13.6. The molecule has 0 saturated carbocycles. The molecule has 0 aliphatic rings. The van der Waals surface area contributed by atoms with E-state index in [2.05, 4.69) is 40.7 Å². The molecule has 0 aliphatic heterocycles. The summed E-state index contributed by atoms with van der Waals surface area (Å²) in [6.07, 6.45) is 3.12. The first-order valence-corrected chi connectivity index (χ1v) is 6.87. The van der Waals surface area contributed by atoms with Crippen LogP contribution in [-0.4, -0.2) is 9.55 Å². The van der Waals surface area contributed by atoms with Gasteiger partial charge in [0.05, 0.1) is 22.5 Å². The minimum atomic E-state index is -0.202. The van der Waals surface area contributed by atoms with Crippen LogP contribution in [0.3, 0.4) is 0 Å². The van der Waals surface area contributed by atoms with Gasteiger partial charge in [-0.3, -0.25) is 0 Å². The standard InChI is InChI=1S/C16H21N3/c1-13-18-14-8-4-5-9-15(14)19(13)11-7-6-10-16(2,3)12-17/h4-5,8-9H,6-7,10-11H2,1-3H3. The zero-order valence-electron chi connectivity index (χ0n) is 12.0. The van der Waals surface area contributed by atoms with Crippen molar-refractivity contribution in [3.63, 3.8) is 0 Å². The van der Waals surface area contributed by atoms with E-state index in [9.17, 15) is 0 Å².